The average molecular weight is 648 g/mol. The zero-order valence-electron chi connectivity index (χ0n) is 22.5. The number of benzene rings is 4. The lowest BCUT2D eigenvalue weighted by Crippen LogP contribution is -2.24. The summed E-state index contributed by atoms with van der Waals surface area (Å²) in [4.78, 5) is 33.5. The van der Waals surface area contributed by atoms with Crippen molar-refractivity contribution in [1.29, 1.82) is 0 Å². The highest BCUT2D eigenvalue weighted by Gasteiger charge is 2.35. The van der Waals surface area contributed by atoms with E-state index in [-0.39, 0.29) is 0 Å². The molecule has 8 bridgehead atoms. The number of fused-ring (bicyclic) bond motifs is 20. The molecule has 0 unspecified atom stereocenters. The third-order valence-corrected chi connectivity index (χ3v) is 10.3. The lowest BCUT2D eigenvalue weighted by molar-refractivity contribution is 1.16. The van der Waals surface area contributed by atoms with Crippen molar-refractivity contribution in [3.8, 4) is 45.6 Å². The van der Waals surface area contributed by atoms with E-state index in [1.807, 2.05) is 97.1 Å². The van der Waals surface area contributed by atoms with Gasteiger partial charge in [-0.25, -0.2) is 29.9 Å². The normalized spacial score (nSPS) is 12.4. The van der Waals surface area contributed by atoms with E-state index in [2.05, 4.69) is 4.98 Å². The summed E-state index contributed by atoms with van der Waals surface area (Å²) in [6, 6.07) is 31.4. The first-order valence-electron chi connectivity index (χ1n) is 13.7. The number of aromatic amines is 1. The van der Waals surface area contributed by atoms with Crippen molar-refractivity contribution in [2.75, 3.05) is 0 Å². The molecule has 210 valence electrons. The van der Waals surface area contributed by atoms with Crippen LogP contribution in [0.1, 0.15) is 0 Å². The van der Waals surface area contributed by atoms with Crippen LogP contribution in [-0.4, -0.2) is 45.3 Å². The summed E-state index contributed by atoms with van der Waals surface area (Å²) >= 11 is 20.5. The smallest absolute Gasteiger partial charge is 0.324 e. The van der Waals surface area contributed by atoms with Gasteiger partial charge in [0.2, 0.25) is 0 Å². The Morgan fingerprint density at radius 2 is 0.773 bits per heavy atom. The number of rotatable bonds is 1. The Balaban J connectivity index is 1.56. The van der Waals surface area contributed by atoms with E-state index in [1.165, 1.54) is 0 Å². The van der Waals surface area contributed by atoms with Crippen molar-refractivity contribution in [3.63, 3.8) is 0 Å². The number of H-pyrrole nitrogens is 1. The number of hydrogen-bond donors (Lipinski definition) is 1. The lowest BCUT2D eigenvalue weighted by Gasteiger charge is -2.11. The fourth-order valence-corrected chi connectivity index (χ4v) is 8.20. The Morgan fingerprint density at radius 1 is 0.432 bits per heavy atom. The van der Waals surface area contributed by atoms with E-state index in [0.29, 0.717) is 45.9 Å². The minimum atomic E-state index is -3.68. The quantitative estimate of drug-likeness (QED) is 0.142. The SMILES string of the molecule is Cl[Si](Cl)(Cl)n1c2nc3nc(nc4[nH]c(nc5nc(nc1c1ccccc12)-c1ccccc1-5)c1ccccc41)-c1ccccc1-3. The zero-order valence-corrected chi connectivity index (χ0v) is 25.8. The highest BCUT2D eigenvalue weighted by atomic mass is 35.8. The van der Waals surface area contributed by atoms with Crippen molar-refractivity contribution >= 4 is 83.5 Å². The summed E-state index contributed by atoms with van der Waals surface area (Å²) in [5.41, 5.74) is 5.52. The van der Waals surface area contributed by atoms with Gasteiger partial charge in [-0.2, -0.15) is 0 Å². The highest BCUT2D eigenvalue weighted by Crippen LogP contribution is 2.39. The fraction of sp³-hybridized carbons (Fsp3) is 0. The van der Waals surface area contributed by atoms with Crippen LogP contribution < -0.4 is 0 Å². The second-order valence-electron chi connectivity index (χ2n) is 10.4. The monoisotopic (exact) mass is 646 g/mol. The first-order valence-corrected chi connectivity index (χ1v) is 18.7. The Kier molecular flexibility index (Phi) is 5.52. The topological polar surface area (TPSA) is 98.1 Å². The van der Waals surface area contributed by atoms with Crippen LogP contribution in [0.25, 0.3) is 89.7 Å². The Hall–Kier alpha value is -4.67. The molecule has 8 nitrogen and oxygen atoms in total. The Bertz CT molecular complexity index is 2360. The number of halogens is 3. The average Bonchev–Trinajstić information content (AvgIpc) is 3.75. The second-order valence-corrected chi connectivity index (χ2v) is 18.5. The molecule has 0 fully saturated rings. The van der Waals surface area contributed by atoms with Gasteiger partial charge in [0.1, 0.15) is 22.6 Å². The van der Waals surface area contributed by atoms with E-state index in [9.17, 15) is 0 Å². The summed E-state index contributed by atoms with van der Waals surface area (Å²) < 4.78 is 1.64. The molecular weight excluding hydrogens is 631 g/mol. The minimum absolute atomic E-state index is 0.460. The van der Waals surface area contributed by atoms with Crippen LogP contribution in [0.3, 0.4) is 0 Å². The predicted octanol–water partition coefficient (Wildman–Crippen LogP) is 8.34. The summed E-state index contributed by atoms with van der Waals surface area (Å²) in [5.74, 6) is 1.96. The van der Waals surface area contributed by atoms with Gasteiger partial charge in [0.15, 0.2) is 23.3 Å². The van der Waals surface area contributed by atoms with Gasteiger partial charge in [0.25, 0.3) is 0 Å². The van der Waals surface area contributed by atoms with Crippen molar-refractivity contribution in [2.45, 2.75) is 0 Å². The van der Waals surface area contributed by atoms with E-state index in [4.69, 9.17) is 63.1 Å². The molecule has 0 saturated heterocycles. The molecule has 9 rings (SSSR count). The maximum atomic E-state index is 6.82. The number of nitrogens with one attached hydrogen (secondary N) is 1. The molecule has 0 atom stereocenters. The van der Waals surface area contributed by atoms with Crippen molar-refractivity contribution in [2.24, 2.45) is 0 Å². The summed E-state index contributed by atoms with van der Waals surface area (Å²) in [6.45, 7) is 0. The molecule has 44 heavy (non-hydrogen) atoms. The second kappa shape index (κ2) is 9.41. The number of nitrogens with zero attached hydrogens (tertiary/aromatic N) is 7. The van der Waals surface area contributed by atoms with Crippen molar-refractivity contribution < 1.29 is 0 Å². The first-order chi connectivity index (χ1) is 21.4. The van der Waals surface area contributed by atoms with Crippen LogP contribution in [0.2, 0.25) is 0 Å². The molecule has 5 heterocycles. The maximum Gasteiger partial charge on any atom is 0.461 e. The van der Waals surface area contributed by atoms with Crippen LogP contribution >= 0.6 is 33.2 Å². The van der Waals surface area contributed by atoms with Crippen molar-refractivity contribution in [1.82, 2.24) is 39.1 Å². The molecule has 0 spiro atoms. The molecule has 2 aliphatic rings. The molecule has 0 radical (unpaired) electrons. The Morgan fingerprint density at radius 3 is 1.16 bits per heavy atom. The van der Waals surface area contributed by atoms with Gasteiger partial charge >= 0.3 is 6.16 Å². The van der Waals surface area contributed by atoms with Gasteiger partial charge in [0, 0.05) is 43.8 Å². The van der Waals surface area contributed by atoms with E-state index in [1.54, 1.807) is 4.23 Å². The standard InChI is InChI=1S/C32H17Cl3N8Si/c33-44(34,35)43-31-23-15-7-8-16-24(23)32(43)42-30-22-14-6-4-12-20(22)28(40-30)38-26-18-10-2-1-9-17(18)25(36-26)37-27-19-11-3-5-13-21(19)29(39-27)41-31/h1-16H,(H,36,37,38,39,40,41,42). The third-order valence-electron chi connectivity index (χ3n) is 7.86. The minimum Gasteiger partial charge on any atom is -0.324 e. The molecule has 7 aromatic rings. The largest absolute Gasteiger partial charge is 0.461 e. The van der Waals surface area contributed by atoms with Gasteiger partial charge in [-0.05, 0) is 0 Å². The summed E-state index contributed by atoms with van der Waals surface area (Å²) in [7, 11) is 0. The van der Waals surface area contributed by atoms with E-state index >= 15 is 0 Å². The maximum absolute atomic E-state index is 6.82. The third kappa shape index (κ3) is 3.84. The molecule has 0 amide bonds. The zero-order chi connectivity index (χ0) is 29.6. The van der Waals surface area contributed by atoms with Gasteiger partial charge < -0.3 is 4.98 Å². The molecule has 4 aromatic carbocycles. The first kappa shape index (κ1) is 25.8. The molecule has 12 heteroatoms. The predicted molar refractivity (Wildman–Crippen MR) is 178 cm³/mol. The Labute approximate surface area is 264 Å². The molecule has 3 aromatic heterocycles. The fourth-order valence-electron chi connectivity index (χ4n) is 5.94. The summed E-state index contributed by atoms with van der Waals surface area (Å²) in [6.07, 6.45) is -3.68. The van der Waals surface area contributed by atoms with E-state index < -0.39 is 6.16 Å². The van der Waals surface area contributed by atoms with Gasteiger partial charge in [-0.15, -0.1) is 33.2 Å². The van der Waals surface area contributed by atoms with Crippen LogP contribution in [0, 0.1) is 0 Å². The van der Waals surface area contributed by atoms with Gasteiger partial charge in [-0.1, -0.05) is 97.1 Å². The van der Waals surface area contributed by atoms with Gasteiger partial charge in [0.05, 0.1) is 0 Å². The van der Waals surface area contributed by atoms with Crippen LogP contribution in [0.4, 0.5) is 0 Å². The van der Waals surface area contributed by atoms with Crippen LogP contribution in [0.15, 0.2) is 97.1 Å². The highest BCUT2D eigenvalue weighted by molar-refractivity contribution is 7.64. The van der Waals surface area contributed by atoms with Crippen molar-refractivity contribution in [3.05, 3.63) is 97.1 Å². The van der Waals surface area contributed by atoms with Crippen LogP contribution in [-0.2, 0) is 0 Å². The molecule has 0 saturated carbocycles. The molecule has 1 N–H and O–H groups in total. The molecule has 2 aliphatic heterocycles. The molecule has 0 aliphatic carbocycles. The molecular formula is C32H17Cl3N8Si. The summed E-state index contributed by atoms with van der Waals surface area (Å²) in [5, 5.41) is 3.38. The number of aromatic nitrogens is 8. The number of hydrogen-bond acceptors (Lipinski definition) is 6. The lowest BCUT2D eigenvalue weighted by atomic mass is 10.1. The van der Waals surface area contributed by atoms with Gasteiger partial charge in [-0.3, -0.25) is 4.23 Å². The van der Waals surface area contributed by atoms with E-state index in [0.717, 1.165) is 43.8 Å². The van der Waals surface area contributed by atoms with Crippen LogP contribution in [0.5, 0.6) is 0 Å².